The van der Waals surface area contributed by atoms with Gasteiger partial charge in [-0.05, 0) is 6.42 Å². The van der Waals surface area contributed by atoms with Crippen LogP contribution in [0.15, 0.2) is 4.99 Å². The third-order valence-electron chi connectivity index (χ3n) is 4.42. The van der Waals surface area contributed by atoms with Crippen molar-refractivity contribution in [3.63, 3.8) is 0 Å². The van der Waals surface area contributed by atoms with E-state index >= 15 is 0 Å². The number of sulfonamides is 1. The van der Waals surface area contributed by atoms with Crippen LogP contribution in [0.5, 0.6) is 0 Å². The predicted molar refractivity (Wildman–Crippen MR) is 118 cm³/mol. The summed E-state index contributed by atoms with van der Waals surface area (Å²) in [5.74, 6) is 2.54. The van der Waals surface area contributed by atoms with E-state index in [-0.39, 0.29) is 41.7 Å². The first-order chi connectivity index (χ1) is 12.0. The number of amides is 1. The number of carbonyl (C=O) groups is 1. The number of carbonyl (C=O) groups excluding carboxylic acids is 1. The van der Waals surface area contributed by atoms with E-state index < -0.39 is 10.0 Å². The summed E-state index contributed by atoms with van der Waals surface area (Å²) in [4.78, 5) is 17.7. The van der Waals surface area contributed by atoms with Crippen LogP contribution in [0, 0.1) is 0 Å². The Kier molecular flexibility index (Phi) is 10.6. The minimum absolute atomic E-state index is 0. The lowest BCUT2D eigenvalue weighted by molar-refractivity contribution is -0.129. The van der Waals surface area contributed by atoms with E-state index in [0.717, 1.165) is 24.5 Å². The van der Waals surface area contributed by atoms with Crippen LogP contribution in [0.3, 0.4) is 0 Å². The van der Waals surface area contributed by atoms with Crippen molar-refractivity contribution in [3.05, 3.63) is 0 Å². The Hall–Kier alpha value is -0.270. The van der Waals surface area contributed by atoms with Gasteiger partial charge in [0.05, 0.1) is 5.75 Å². The second-order valence-electron chi connectivity index (χ2n) is 6.15. The molecule has 1 atom stereocenters. The fraction of sp³-hybridized carbons (Fsp3) is 0.867. The first-order valence-electron chi connectivity index (χ1n) is 8.76. The van der Waals surface area contributed by atoms with Crippen molar-refractivity contribution < 1.29 is 13.2 Å². The zero-order valence-electron chi connectivity index (χ0n) is 15.4. The van der Waals surface area contributed by atoms with Crippen molar-refractivity contribution in [1.29, 1.82) is 0 Å². The van der Waals surface area contributed by atoms with Gasteiger partial charge in [-0.2, -0.15) is 11.8 Å². The lowest BCUT2D eigenvalue weighted by Crippen LogP contribution is -2.47. The number of hydrogen-bond donors (Lipinski definition) is 2. The van der Waals surface area contributed by atoms with Gasteiger partial charge >= 0.3 is 0 Å². The topological polar surface area (TPSA) is 94.1 Å². The van der Waals surface area contributed by atoms with Crippen molar-refractivity contribution in [2.75, 3.05) is 57.0 Å². The summed E-state index contributed by atoms with van der Waals surface area (Å²) in [6, 6.07) is 0.150. The summed E-state index contributed by atoms with van der Waals surface area (Å²) in [5.41, 5.74) is 0. The fourth-order valence-electron chi connectivity index (χ4n) is 2.97. The van der Waals surface area contributed by atoms with Crippen molar-refractivity contribution in [1.82, 2.24) is 19.8 Å². The van der Waals surface area contributed by atoms with E-state index in [2.05, 4.69) is 15.6 Å². The van der Waals surface area contributed by atoms with Gasteiger partial charge in [0.1, 0.15) is 0 Å². The smallest absolute Gasteiger partial charge is 0.222 e. The molecule has 8 nitrogen and oxygen atoms in total. The number of hydrogen-bond acceptors (Lipinski definition) is 5. The minimum Gasteiger partial charge on any atom is -0.355 e. The quantitative estimate of drug-likeness (QED) is 0.295. The molecule has 2 aliphatic rings. The summed E-state index contributed by atoms with van der Waals surface area (Å²) in [6.07, 6.45) is 1.39. The molecule has 0 bridgehead atoms. The van der Waals surface area contributed by atoms with E-state index in [9.17, 15) is 13.2 Å². The monoisotopic (exact) mass is 519 g/mol. The fourth-order valence-corrected chi connectivity index (χ4v) is 5.46. The summed E-state index contributed by atoms with van der Waals surface area (Å²) in [7, 11) is -1.55. The van der Waals surface area contributed by atoms with E-state index in [1.807, 2.05) is 11.8 Å². The molecule has 26 heavy (non-hydrogen) atoms. The van der Waals surface area contributed by atoms with Crippen LogP contribution >= 0.6 is 35.7 Å². The van der Waals surface area contributed by atoms with Gasteiger partial charge in [-0.3, -0.25) is 9.79 Å². The van der Waals surface area contributed by atoms with E-state index in [4.69, 9.17) is 0 Å². The number of aliphatic imine (C=N–C) groups is 1. The number of halogens is 1. The Morgan fingerprint density at radius 3 is 2.58 bits per heavy atom. The standard InChI is InChI=1S/C15H29N5O3S2.HI/c1-3-14(21)19-6-4-13(12-19)18-15(16-2)17-5-11-25(22,23)20-7-9-24-10-8-20;/h13H,3-12H2,1-2H3,(H2,16,17,18);1H. The van der Waals surface area contributed by atoms with E-state index in [1.165, 1.54) is 0 Å². The van der Waals surface area contributed by atoms with Gasteiger partial charge in [-0.15, -0.1) is 24.0 Å². The molecule has 1 unspecified atom stereocenters. The number of likely N-dealkylation sites (tertiary alicyclic amines) is 1. The second-order valence-corrected chi connectivity index (χ2v) is 9.46. The molecule has 152 valence electrons. The zero-order chi connectivity index (χ0) is 18.3. The van der Waals surface area contributed by atoms with Crippen LogP contribution in [0.2, 0.25) is 0 Å². The number of rotatable bonds is 6. The molecule has 2 N–H and O–H groups in total. The first-order valence-corrected chi connectivity index (χ1v) is 11.5. The maximum Gasteiger partial charge on any atom is 0.222 e. The number of nitrogens with zero attached hydrogens (tertiary/aromatic N) is 3. The molecule has 1 amide bonds. The second kappa shape index (κ2) is 11.5. The molecule has 2 fully saturated rings. The van der Waals surface area contributed by atoms with Crippen molar-refractivity contribution >= 4 is 57.6 Å². The van der Waals surface area contributed by atoms with Gasteiger partial charge in [-0.1, -0.05) is 6.92 Å². The molecule has 0 saturated carbocycles. The molecule has 2 heterocycles. The highest BCUT2D eigenvalue weighted by molar-refractivity contribution is 14.0. The molecule has 0 radical (unpaired) electrons. The summed E-state index contributed by atoms with van der Waals surface area (Å²) < 4.78 is 26.2. The Morgan fingerprint density at radius 1 is 1.27 bits per heavy atom. The van der Waals surface area contributed by atoms with Crippen molar-refractivity contribution in [3.8, 4) is 0 Å². The molecule has 0 aromatic heterocycles. The average molecular weight is 519 g/mol. The minimum atomic E-state index is -3.22. The SMILES string of the molecule is CCC(=O)N1CCC(NC(=NC)NCCS(=O)(=O)N2CCSCC2)C1.I. The van der Waals surface area contributed by atoms with Gasteiger partial charge in [0.2, 0.25) is 15.9 Å². The normalized spacial score (nSPS) is 22.0. The summed E-state index contributed by atoms with van der Waals surface area (Å²) >= 11 is 1.79. The van der Waals surface area contributed by atoms with Crippen molar-refractivity contribution in [2.45, 2.75) is 25.8 Å². The molecule has 0 aromatic rings. The Labute approximate surface area is 178 Å². The van der Waals surface area contributed by atoms with Crippen LogP contribution in [-0.2, 0) is 14.8 Å². The van der Waals surface area contributed by atoms with Crippen molar-refractivity contribution in [2.24, 2.45) is 4.99 Å². The Balaban J connectivity index is 0.00000338. The number of nitrogens with one attached hydrogen (secondary N) is 2. The molecule has 2 rings (SSSR count). The molecule has 2 saturated heterocycles. The number of thioether (sulfide) groups is 1. The van der Waals surface area contributed by atoms with E-state index in [1.54, 1.807) is 23.1 Å². The molecular formula is C15H30IN5O3S2. The largest absolute Gasteiger partial charge is 0.355 e. The first kappa shape index (κ1) is 23.8. The maximum atomic E-state index is 12.3. The Bertz CT molecular complexity index is 582. The van der Waals surface area contributed by atoms with Crippen LogP contribution in [-0.4, -0.2) is 92.6 Å². The lowest BCUT2D eigenvalue weighted by atomic mass is 10.3. The van der Waals surface area contributed by atoms with Gasteiger partial charge in [0.25, 0.3) is 0 Å². The van der Waals surface area contributed by atoms with Crippen LogP contribution < -0.4 is 10.6 Å². The zero-order valence-corrected chi connectivity index (χ0v) is 19.4. The highest BCUT2D eigenvalue weighted by Crippen LogP contribution is 2.13. The maximum absolute atomic E-state index is 12.3. The Morgan fingerprint density at radius 2 is 1.96 bits per heavy atom. The summed E-state index contributed by atoms with van der Waals surface area (Å²) in [5, 5.41) is 6.35. The highest BCUT2D eigenvalue weighted by atomic mass is 127. The highest BCUT2D eigenvalue weighted by Gasteiger charge is 2.26. The average Bonchev–Trinajstić information content (AvgIpc) is 3.09. The molecule has 0 aliphatic carbocycles. The lowest BCUT2D eigenvalue weighted by Gasteiger charge is -2.26. The molecular weight excluding hydrogens is 489 g/mol. The third-order valence-corrected chi connectivity index (χ3v) is 7.24. The van der Waals surface area contributed by atoms with Gasteiger partial charge in [-0.25, -0.2) is 12.7 Å². The van der Waals surface area contributed by atoms with Crippen LogP contribution in [0.25, 0.3) is 0 Å². The van der Waals surface area contributed by atoms with Gasteiger partial charge in [0, 0.05) is 63.7 Å². The number of guanidine groups is 1. The van der Waals surface area contributed by atoms with Gasteiger partial charge < -0.3 is 15.5 Å². The van der Waals surface area contributed by atoms with E-state index in [0.29, 0.717) is 38.6 Å². The van der Waals surface area contributed by atoms with Crippen LogP contribution in [0.4, 0.5) is 0 Å². The summed E-state index contributed by atoms with van der Waals surface area (Å²) in [6.45, 7) is 4.80. The molecule has 0 spiro atoms. The van der Waals surface area contributed by atoms with Crippen LogP contribution in [0.1, 0.15) is 19.8 Å². The molecule has 11 heteroatoms. The third kappa shape index (κ3) is 7.04. The predicted octanol–water partition coefficient (Wildman–Crippen LogP) is 0.159. The molecule has 0 aromatic carbocycles. The molecule has 2 aliphatic heterocycles. The van der Waals surface area contributed by atoms with Gasteiger partial charge in [0.15, 0.2) is 5.96 Å².